The zero-order valence-electron chi connectivity index (χ0n) is 15.4. The predicted octanol–water partition coefficient (Wildman–Crippen LogP) is 2.95. The van der Waals surface area contributed by atoms with Gasteiger partial charge in [0, 0.05) is 44.1 Å². The van der Waals surface area contributed by atoms with E-state index in [1.165, 1.54) is 6.20 Å². The lowest BCUT2D eigenvalue weighted by molar-refractivity contribution is 0.346. The Labute approximate surface area is 161 Å². The lowest BCUT2D eigenvalue weighted by Gasteiger charge is -2.26. The standard InChI is InChI=1S/C20H26N4O2S/c25-27(26,24-12-5-2-6-13-24)19-9-10-20(21-15-19)23-14-11-18(16-23)22-17-7-3-1-4-8-17/h1,3-4,7-10,15,18,22H,2,5-6,11-14,16H2. The third-order valence-electron chi connectivity index (χ3n) is 5.33. The highest BCUT2D eigenvalue weighted by atomic mass is 32.2. The molecule has 1 aromatic heterocycles. The van der Waals surface area contributed by atoms with Crippen molar-refractivity contribution in [2.24, 2.45) is 0 Å². The molecule has 2 aromatic rings. The molecule has 0 radical (unpaired) electrons. The Morgan fingerprint density at radius 2 is 1.74 bits per heavy atom. The van der Waals surface area contributed by atoms with Crippen molar-refractivity contribution in [1.82, 2.24) is 9.29 Å². The summed E-state index contributed by atoms with van der Waals surface area (Å²) in [6.45, 7) is 3.00. The van der Waals surface area contributed by atoms with Gasteiger partial charge >= 0.3 is 0 Å². The molecule has 2 fully saturated rings. The quantitative estimate of drug-likeness (QED) is 0.856. The van der Waals surface area contributed by atoms with Crippen molar-refractivity contribution in [3.63, 3.8) is 0 Å². The molecule has 0 bridgehead atoms. The summed E-state index contributed by atoms with van der Waals surface area (Å²) < 4.78 is 27.1. The van der Waals surface area contributed by atoms with Crippen LogP contribution in [0.15, 0.2) is 53.6 Å². The van der Waals surface area contributed by atoms with E-state index in [-0.39, 0.29) is 0 Å². The second kappa shape index (κ2) is 7.86. The molecule has 1 aromatic carbocycles. The van der Waals surface area contributed by atoms with Gasteiger partial charge < -0.3 is 10.2 Å². The van der Waals surface area contributed by atoms with Gasteiger partial charge in [-0.3, -0.25) is 0 Å². The second-order valence-electron chi connectivity index (χ2n) is 7.26. The minimum Gasteiger partial charge on any atom is -0.380 e. The Morgan fingerprint density at radius 1 is 0.963 bits per heavy atom. The number of nitrogens with one attached hydrogen (secondary N) is 1. The van der Waals surface area contributed by atoms with Crippen molar-refractivity contribution < 1.29 is 8.42 Å². The van der Waals surface area contributed by atoms with E-state index in [9.17, 15) is 8.42 Å². The largest absolute Gasteiger partial charge is 0.380 e. The van der Waals surface area contributed by atoms with Gasteiger partial charge in [0.1, 0.15) is 10.7 Å². The van der Waals surface area contributed by atoms with E-state index in [4.69, 9.17) is 0 Å². The Bertz CT molecular complexity index is 849. The van der Waals surface area contributed by atoms with Crippen LogP contribution >= 0.6 is 0 Å². The summed E-state index contributed by atoms with van der Waals surface area (Å²) in [7, 11) is -3.41. The lowest BCUT2D eigenvalue weighted by Crippen LogP contribution is -2.35. The minimum absolute atomic E-state index is 0.298. The van der Waals surface area contributed by atoms with E-state index in [1.807, 2.05) is 24.3 Å². The second-order valence-corrected chi connectivity index (χ2v) is 9.20. The predicted molar refractivity (Wildman–Crippen MR) is 108 cm³/mol. The van der Waals surface area contributed by atoms with Gasteiger partial charge in [-0.2, -0.15) is 4.31 Å². The van der Waals surface area contributed by atoms with Crippen LogP contribution in [0.3, 0.4) is 0 Å². The van der Waals surface area contributed by atoms with Gasteiger partial charge in [0.05, 0.1) is 0 Å². The number of sulfonamides is 1. The summed E-state index contributed by atoms with van der Waals surface area (Å²) >= 11 is 0. The SMILES string of the molecule is O=S(=O)(c1ccc(N2CCC(Nc3ccccc3)C2)nc1)N1CCCCC1. The maximum absolute atomic E-state index is 12.7. The molecule has 2 aliphatic heterocycles. The highest BCUT2D eigenvalue weighted by Crippen LogP contribution is 2.24. The van der Waals surface area contributed by atoms with Crippen molar-refractivity contribution in [3.8, 4) is 0 Å². The van der Waals surface area contributed by atoms with Crippen LogP contribution in [0.25, 0.3) is 0 Å². The van der Waals surface area contributed by atoms with Gasteiger partial charge in [0.25, 0.3) is 0 Å². The fraction of sp³-hybridized carbons (Fsp3) is 0.450. The van der Waals surface area contributed by atoms with E-state index < -0.39 is 10.0 Å². The molecule has 0 amide bonds. The van der Waals surface area contributed by atoms with Crippen LogP contribution in [0, 0.1) is 0 Å². The van der Waals surface area contributed by atoms with Crippen LogP contribution in [0.2, 0.25) is 0 Å². The summed E-state index contributed by atoms with van der Waals surface area (Å²) in [6.07, 6.45) is 5.53. The molecule has 4 rings (SSSR count). The van der Waals surface area contributed by atoms with Gasteiger partial charge in [-0.1, -0.05) is 24.6 Å². The average Bonchev–Trinajstić information content (AvgIpc) is 3.18. The van der Waals surface area contributed by atoms with Gasteiger partial charge in [-0.15, -0.1) is 0 Å². The number of anilines is 2. The molecule has 6 nitrogen and oxygen atoms in total. The molecule has 1 unspecified atom stereocenters. The smallest absolute Gasteiger partial charge is 0.244 e. The van der Waals surface area contributed by atoms with E-state index in [1.54, 1.807) is 10.4 Å². The van der Waals surface area contributed by atoms with Crippen molar-refractivity contribution in [1.29, 1.82) is 0 Å². The number of pyridine rings is 1. The maximum atomic E-state index is 12.7. The number of benzene rings is 1. The first-order valence-electron chi connectivity index (χ1n) is 9.66. The summed E-state index contributed by atoms with van der Waals surface area (Å²) in [6, 6.07) is 14.1. The molecule has 1 N–H and O–H groups in total. The maximum Gasteiger partial charge on any atom is 0.244 e. The summed E-state index contributed by atoms with van der Waals surface area (Å²) in [5.41, 5.74) is 1.13. The number of hydrogen-bond acceptors (Lipinski definition) is 5. The molecule has 0 spiro atoms. The van der Waals surface area contributed by atoms with Crippen LogP contribution in [0.4, 0.5) is 11.5 Å². The topological polar surface area (TPSA) is 65.5 Å². The summed E-state index contributed by atoms with van der Waals surface area (Å²) in [4.78, 5) is 6.96. The fourth-order valence-corrected chi connectivity index (χ4v) is 5.29. The average molecular weight is 387 g/mol. The van der Waals surface area contributed by atoms with Crippen molar-refractivity contribution in [3.05, 3.63) is 48.7 Å². The zero-order chi connectivity index (χ0) is 18.7. The Morgan fingerprint density at radius 3 is 2.44 bits per heavy atom. The summed E-state index contributed by atoms with van der Waals surface area (Å²) in [5, 5.41) is 3.55. The van der Waals surface area contributed by atoms with Gasteiger partial charge in [0.15, 0.2) is 0 Å². The molecule has 0 aliphatic carbocycles. The molecule has 2 aliphatic rings. The molecule has 2 saturated heterocycles. The Kier molecular flexibility index (Phi) is 5.31. The van der Waals surface area contributed by atoms with E-state index in [2.05, 4.69) is 27.3 Å². The monoisotopic (exact) mass is 386 g/mol. The number of hydrogen-bond donors (Lipinski definition) is 1. The molecular formula is C20H26N4O2S. The third-order valence-corrected chi connectivity index (χ3v) is 7.21. The van der Waals surface area contributed by atoms with Gasteiger partial charge in [-0.25, -0.2) is 13.4 Å². The normalized spacial score (nSPS) is 21.3. The molecule has 144 valence electrons. The molecule has 3 heterocycles. The van der Waals surface area contributed by atoms with Crippen molar-refractivity contribution >= 4 is 21.5 Å². The lowest BCUT2D eigenvalue weighted by atomic mass is 10.2. The summed E-state index contributed by atoms with van der Waals surface area (Å²) in [5.74, 6) is 0.838. The van der Waals surface area contributed by atoms with Gasteiger partial charge in [0.2, 0.25) is 10.0 Å². The number of para-hydroxylation sites is 1. The Balaban J connectivity index is 1.40. The van der Waals surface area contributed by atoms with E-state index in [0.29, 0.717) is 24.0 Å². The first-order valence-corrected chi connectivity index (χ1v) is 11.1. The number of aromatic nitrogens is 1. The molecule has 0 saturated carbocycles. The Hall–Kier alpha value is -2.12. The first-order chi connectivity index (χ1) is 13.1. The molecule has 1 atom stereocenters. The highest BCUT2D eigenvalue weighted by molar-refractivity contribution is 7.89. The van der Waals surface area contributed by atoms with Crippen LogP contribution in [-0.4, -0.2) is 49.9 Å². The molecular weight excluding hydrogens is 360 g/mol. The van der Waals surface area contributed by atoms with Crippen LogP contribution < -0.4 is 10.2 Å². The number of rotatable bonds is 5. The van der Waals surface area contributed by atoms with E-state index >= 15 is 0 Å². The van der Waals surface area contributed by atoms with Crippen LogP contribution in [-0.2, 0) is 10.0 Å². The molecule has 7 heteroatoms. The van der Waals surface area contributed by atoms with Gasteiger partial charge in [-0.05, 0) is 43.5 Å². The number of nitrogens with zero attached hydrogens (tertiary/aromatic N) is 3. The highest BCUT2D eigenvalue weighted by Gasteiger charge is 2.27. The van der Waals surface area contributed by atoms with Crippen LogP contribution in [0.5, 0.6) is 0 Å². The third kappa shape index (κ3) is 4.09. The number of piperidine rings is 1. The van der Waals surface area contributed by atoms with Crippen molar-refractivity contribution in [2.75, 3.05) is 36.4 Å². The first kappa shape index (κ1) is 18.3. The molecule has 27 heavy (non-hydrogen) atoms. The zero-order valence-corrected chi connectivity index (χ0v) is 16.2. The minimum atomic E-state index is -3.41. The van der Waals surface area contributed by atoms with E-state index in [0.717, 1.165) is 50.3 Å². The van der Waals surface area contributed by atoms with Crippen LogP contribution in [0.1, 0.15) is 25.7 Å². The fourth-order valence-electron chi connectivity index (χ4n) is 3.82. The van der Waals surface area contributed by atoms with Crippen molar-refractivity contribution in [2.45, 2.75) is 36.6 Å².